The van der Waals surface area contributed by atoms with E-state index in [0.29, 0.717) is 5.69 Å². The number of ether oxygens (including phenoxy) is 1. The van der Waals surface area contributed by atoms with Crippen LogP contribution in [0, 0.1) is 0 Å². The smallest absolute Gasteiger partial charge is 0.314 e. The van der Waals surface area contributed by atoms with Gasteiger partial charge in [0.15, 0.2) is 0 Å². The van der Waals surface area contributed by atoms with Gasteiger partial charge in [0, 0.05) is 12.6 Å². The van der Waals surface area contributed by atoms with Gasteiger partial charge in [0.2, 0.25) is 0 Å². The molecular weight excluding hydrogens is 178 g/mol. The molecule has 0 aromatic carbocycles. The molecule has 0 radical (unpaired) electrons. The number of alkyl halides is 2. The molecular formula is C8H10F2N2O. The lowest BCUT2D eigenvalue weighted by atomic mass is 10.4. The van der Waals surface area contributed by atoms with E-state index >= 15 is 0 Å². The number of nitrogens with zero attached hydrogens (tertiary/aromatic N) is 2. The lowest BCUT2D eigenvalue weighted by molar-refractivity contribution is -0.247. The van der Waals surface area contributed by atoms with E-state index in [2.05, 4.69) is 14.9 Å². The quantitative estimate of drug-likeness (QED) is 0.724. The third-order valence-electron chi connectivity index (χ3n) is 1.47. The molecule has 1 heterocycles. The Balaban J connectivity index is 2.44. The fourth-order valence-electron chi connectivity index (χ4n) is 0.692. The van der Waals surface area contributed by atoms with Gasteiger partial charge in [0.05, 0.1) is 12.3 Å². The number of hydrogen-bond donors (Lipinski definition) is 0. The summed E-state index contributed by atoms with van der Waals surface area (Å²) in [5.74, 6) is 0. The van der Waals surface area contributed by atoms with Gasteiger partial charge in [-0.15, -0.1) is 0 Å². The number of aromatic nitrogens is 2. The molecule has 0 saturated heterocycles. The largest absolute Gasteiger partial charge is 0.355 e. The van der Waals surface area contributed by atoms with E-state index in [1.807, 2.05) is 0 Å². The van der Waals surface area contributed by atoms with Gasteiger partial charge in [0.1, 0.15) is 0 Å². The topological polar surface area (TPSA) is 35.0 Å². The van der Waals surface area contributed by atoms with Crippen molar-refractivity contribution >= 4 is 0 Å². The molecule has 1 aromatic rings. The maximum atomic E-state index is 12.6. The van der Waals surface area contributed by atoms with Gasteiger partial charge in [0.25, 0.3) is 0 Å². The summed E-state index contributed by atoms with van der Waals surface area (Å²) in [5, 5.41) is 7.14. The van der Waals surface area contributed by atoms with Crippen LogP contribution in [0.15, 0.2) is 18.3 Å². The first-order valence-corrected chi connectivity index (χ1v) is 3.92. The van der Waals surface area contributed by atoms with E-state index in [4.69, 9.17) is 0 Å². The van der Waals surface area contributed by atoms with Crippen LogP contribution in [0.3, 0.4) is 0 Å². The molecule has 0 saturated carbocycles. The van der Waals surface area contributed by atoms with Gasteiger partial charge in [-0.1, -0.05) is 6.92 Å². The summed E-state index contributed by atoms with van der Waals surface area (Å²) < 4.78 is 29.5. The van der Waals surface area contributed by atoms with Crippen molar-refractivity contribution in [1.82, 2.24) is 10.2 Å². The highest BCUT2D eigenvalue weighted by Crippen LogP contribution is 2.20. The fourth-order valence-corrected chi connectivity index (χ4v) is 0.692. The molecule has 0 spiro atoms. The molecule has 0 aliphatic carbocycles. The lowest BCUT2D eigenvalue weighted by Crippen LogP contribution is -2.19. The molecule has 72 valence electrons. The highest BCUT2D eigenvalue weighted by atomic mass is 19.3. The van der Waals surface area contributed by atoms with Crippen molar-refractivity contribution in [2.24, 2.45) is 0 Å². The van der Waals surface area contributed by atoms with Crippen LogP contribution in [0.1, 0.15) is 19.0 Å². The Morgan fingerprint density at radius 2 is 2.31 bits per heavy atom. The molecule has 0 unspecified atom stereocenters. The van der Waals surface area contributed by atoms with Crippen LogP contribution in [0.25, 0.3) is 0 Å². The zero-order chi connectivity index (χ0) is 9.73. The first kappa shape index (κ1) is 9.98. The summed E-state index contributed by atoms with van der Waals surface area (Å²) in [6.45, 7) is 1.14. The first-order chi connectivity index (χ1) is 6.14. The summed E-state index contributed by atoms with van der Waals surface area (Å²) in [5.41, 5.74) is 0.399. The van der Waals surface area contributed by atoms with Gasteiger partial charge >= 0.3 is 6.11 Å². The van der Waals surface area contributed by atoms with Crippen LogP contribution in [0.2, 0.25) is 0 Å². The molecule has 1 aromatic heterocycles. The minimum absolute atomic E-state index is 0.214. The van der Waals surface area contributed by atoms with Crippen molar-refractivity contribution in [3.05, 3.63) is 24.0 Å². The zero-order valence-corrected chi connectivity index (χ0v) is 7.20. The summed E-state index contributed by atoms with van der Waals surface area (Å²) in [4.78, 5) is 0. The highest BCUT2D eigenvalue weighted by Gasteiger charge is 2.26. The summed E-state index contributed by atoms with van der Waals surface area (Å²) >= 11 is 0. The third-order valence-corrected chi connectivity index (χ3v) is 1.47. The van der Waals surface area contributed by atoms with Crippen molar-refractivity contribution in [3.63, 3.8) is 0 Å². The number of halogens is 2. The molecule has 0 amide bonds. The average Bonchev–Trinajstić information content (AvgIpc) is 2.17. The Morgan fingerprint density at radius 3 is 2.85 bits per heavy atom. The molecule has 0 fully saturated rings. The summed E-state index contributed by atoms with van der Waals surface area (Å²) in [6, 6.07) is 3.20. The zero-order valence-electron chi connectivity index (χ0n) is 7.20. The predicted molar refractivity (Wildman–Crippen MR) is 42.1 cm³/mol. The van der Waals surface area contributed by atoms with Crippen molar-refractivity contribution in [3.8, 4) is 0 Å². The predicted octanol–water partition coefficient (Wildman–Crippen LogP) is 2.00. The molecule has 0 atom stereocenters. The van der Waals surface area contributed by atoms with Crippen LogP contribution in [-0.2, 0) is 11.3 Å². The van der Waals surface area contributed by atoms with Crippen molar-refractivity contribution in [1.29, 1.82) is 0 Å². The standard InChI is InChI=1S/C8H10F2N2O/c1-2-8(9,10)13-6-7-4-3-5-11-12-7/h3-5H,2,6H2,1H3. The van der Waals surface area contributed by atoms with Crippen LogP contribution in [0.4, 0.5) is 8.78 Å². The highest BCUT2D eigenvalue weighted by molar-refractivity contribution is 4.97. The molecule has 1 rings (SSSR count). The van der Waals surface area contributed by atoms with Crippen molar-refractivity contribution in [2.45, 2.75) is 26.1 Å². The minimum atomic E-state index is -3.07. The molecule has 0 N–H and O–H groups in total. The van der Waals surface area contributed by atoms with Crippen LogP contribution >= 0.6 is 0 Å². The van der Waals surface area contributed by atoms with E-state index in [0.717, 1.165) is 0 Å². The Labute approximate surface area is 74.7 Å². The van der Waals surface area contributed by atoms with Crippen LogP contribution in [0.5, 0.6) is 0 Å². The Kier molecular flexibility index (Phi) is 3.25. The number of hydrogen-bond acceptors (Lipinski definition) is 3. The van der Waals surface area contributed by atoms with Gasteiger partial charge in [-0.2, -0.15) is 19.0 Å². The van der Waals surface area contributed by atoms with E-state index in [1.54, 1.807) is 12.1 Å². The number of rotatable bonds is 4. The van der Waals surface area contributed by atoms with Gasteiger partial charge in [-0.05, 0) is 12.1 Å². The fraction of sp³-hybridized carbons (Fsp3) is 0.500. The molecule has 3 nitrogen and oxygen atoms in total. The van der Waals surface area contributed by atoms with Crippen molar-refractivity contribution < 1.29 is 13.5 Å². The van der Waals surface area contributed by atoms with Gasteiger partial charge in [-0.3, -0.25) is 0 Å². The first-order valence-electron chi connectivity index (χ1n) is 3.92. The molecule has 5 heteroatoms. The molecule has 0 aliphatic heterocycles. The lowest BCUT2D eigenvalue weighted by Gasteiger charge is -2.13. The second kappa shape index (κ2) is 4.23. The van der Waals surface area contributed by atoms with Crippen LogP contribution < -0.4 is 0 Å². The normalized spacial score (nSPS) is 11.6. The third kappa shape index (κ3) is 3.42. The maximum absolute atomic E-state index is 12.6. The van der Waals surface area contributed by atoms with E-state index < -0.39 is 6.11 Å². The SMILES string of the molecule is CCC(F)(F)OCc1cccnn1. The average molecular weight is 188 g/mol. The Bertz CT molecular complexity index is 254. The van der Waals surface area contributed by atoms with Crippen LogP contribution in [-0.4, -0.2) is 16.3 Å². The monoisotopic (exact) mass is 188 g/mol. The minimum Gasteiger partial charge on any atom is -0.314 e. The molecule has 0 bridgehead atoms. The summed E-state index contributed by atoms with van der Waals surface area (Å²) in [7, 11) is 0. The van der Waals surface area contributed by atoms with Gasteiger partial charge in [-0.25, -0.2) is 0 Å². The Morgan fingerprint density at radius 1 is 1.54 bits per heavy atom. The molecule has 0 aliphatic rings. The summed E-state index contributed by atoms with van der Waals surface area (Å²) in [6.07, 6.45) is -1.94. The molecule has 13 heavy (non-hydrogen) atoms. The van der Waals surface area contributed by atoms with Gasteiger partial charge < -0.3 is 4.74 Å². The van der Waals surface area contributed by atoms with Crippen molar-refractivity contribution in [2.75, 3.05) is 0 Å². The second-order valence-electron chi connectivity index (χ2n) is 2.49. The van der Waals surface area contributed by atoms with E-state index in [9.17, 15) is 8.78 Å². The maximum Gasteiger partial charge on any atom is 0.355 e. The van der Waals surface area contributed by atoms with E-state index in [1.165, 1.54) is 13.1 Å². The Hall–Kier alpha value is -1.10. The second-order valence-corrected chi connectivity index (χ2v) is 2.49. The van der Waals surface area contributed by atoms with E-state index in [-0.39, 0.29) is 13.0 Å².